The Balaban J connectivity index is 1.74. The first-order valence-electron chi connectivity index (χ1n) is 10.5. The highest BCUT2D eigenvalue weighted by atomic mass is 32.2. The monoisotopic (exact) mass is 429 g/mol. The summed E-state index contributed by atoms with van der Waals surface area (Å²) < 4.78 is 0. The molecule has 2 atom stereocenters. The number of aromatic hydroxyl groups is 1. The Morgan fingerprint density at radius 3 is 2.30 bits per heavy atom. The van der Waals surface area contributed by atoms with Gasteiger partial charge < -0.3 is 20.1 Å². The highest BCUT2D eigenvalue weighted by Gasteiger charge is 2.28. The third kappa shape index (κ3) is 4.86. The van der Waals surface area contributed by atoms with Crippen LogP contribution in [0.2, 0.25) is 0 Å². The molecule has 0 saturated carbocycles. The molecule has 1 aromatic carbocycles. The van der Waals surface area contributed by atoms with Gasteiger partial charge in [0.05, 0.1) is 36.4 Å². The lowest BCUT2D eigenvalue weighted by Gasteiger charge is -2.33. The molecular weight excluding hydrogens is 394 g/mol. The van der Waals surface area contributed by atoms with Gasteiger partial charge in [0.15, 0.2) is 0 Å². The number of hydrogen-bond acceptors (Lipinski definition) is 5. The number of aromatic amines is 1. The van der Waals surface area contributed by atoms with E-state index >= 15 is 0 Å². The van der Waals surface area contributed by atoms with Crippen molar-refractivity contribution in [1.29, 1.82) is 0 Å². The van der Waals surface area contributed by atoms with Crippen LogP contribution in [0, 0.1) is 0 Å². The van der Waals surface area contributed by atoms with Crippen molar-refractivity contribution in [2.45, 2.75) is 82.9 Å². The van der Waals surface area contributed by atoms with E-state index in [0.717, 1.165) is 34.0 Å². The topological polar surface area (TPSA) is 72.4 Å². The summed E-state index contributed by atoms with van der Waals surface area (Å²) in [6.45, 7) is 15.5. The smallest absolute Gasteiger partial charge is 0.123 e. The number of nitrogens with zero attached hydrogens (tertiary/aromatic N) is 2. The Labute approximate surface area is 184 Å². The summed E-state index contributed by atoms with van der Waals surface area (Å²) >= 11 is 1.65. The summed E-state index contributed by atoms with van der Waals surface area (Å²) in [5, 5.41) is 21.8. The summed E-state index contributed by atoms with van der Waals surface area (Å²) in [4.78, 5) is 10.7. The zero-order valence-corrected chi connectivity index (χ0v) is 20.0. The second-order valence-electron chi connectivity index (χ2n) is 10.2. The number of hydrogen-bond donors (Lipinski definition) is 3. The zero-order chi connectivity index (χ0) is 22.3. The molecule has 2 unspecified atom stereocenters. The zero-order valence-electron chi connectivity index (χ0n) is 19.2. The Hall–Kier alpha value is -1.92. The van der Waals surface area contributed by atoms with Gasteiger partial charge in [-0.15, -0.1) is 11.8 Å². The third-order valence-corrected chi connectivity index (χ3v) is 6.79. The lowest BCUT2D eigenvalue weighted by molar-refractivity contribution is 0.0972. The summed E-state index contributed by atoms with van der Waals surface area (Å²) in [6, 6.07) is 4.13. The normalized spacial score (nSPS) is 16.5. The Morgan fingerprint density at radius 2 is 1.73 bits per heavy atom. The molecule has 1 aliphatic heterocycles. The number of nitrogens with one attached hydrogen (secondary N) is 1. The summed E-state index contributed by atoms with van der Waals surface area (Å²) in [7, 11) is 0. The first kappa shape index (κ1) is 22.8. The van der Waals surface area contributed by atoms with Crippen LogP contribution in [0.5, 0.6) is 5.75 Å². The highest BCUT2D eigenvalue weighted by Crippen LogP contribution is 2.42. The summed E-state index contributed by atoms with van der Waals surface area (Å²) in [5.41, 5.74) is 3.62. The van der Waals surface area contributed by atoms with E-state index in [1.807, 2.05) is 12.3 Å². The molecule has 1 aromatic heterocycles. The first-order valence-corrected chi connectivity index (χ1v) is 11.5. The minimum absolute atomic E-state index is 0.0218. The van der Waals surface area contributed by atoms with Gasteiger partial charge in [0, 0.05) is 28.0 Å². The van der Waals surface area contributed by atoms with E-state index < -0.39 is 6.10 Å². The number of fused-ring (bicyclic) bond motifs is 1. The number of phenols is 1. The fraction of sp³-hybridized carbons (Fsp3) is 0.542. The maximum absolute atomic E-state index is 10.9. The Bertz CT molecular complexity index is 886. The van der Waals surface area contributed by atoms with Crippen molar-refractivity contribution < 1.29 is 10.2 Å². The van der Waals surface area contributed by atoms with Crippen LogP contribution in [0.15, 0.2) is 29.6 Å². The number of rotatable bonds is 5. The van der Waals surface area contributed by atoms with Crippen LogP contribution in [-0.2, 0) is 17.4 Å². The van der Waals surface area contributed by atoms with Crippen molar-refractivity contribution in [3.8, 4) is 5.75 Å². The lowest BCUT2D eigenvalue weighted by atomic mass is 9.79. The van der Waals surface area contributed by atoms with Crippen molar-refractivity contribution in [1.82, 2.24) is 14.9 Å². The number of phenolic OH excluding ortho intramolecular Hbond substituents is 1. The molecular formula is C24H35N3O2S. The molecule has 3 rings (SSSR count). The van der Waals surface area contributed by atoms with E-state index in [-0.39, 0.29) is 16.9 Å². The van der Waals surface area contributed by atoms with E-state index in [1.54, 1.807) is 18.1 Å². The van der Waals surface area contributed by atoms with E-state index in [2.05, 4.69) is 75.5 Å². The molecule has 6 heteroatoms. The second-order valence-corrected chi connectivity index (χ2v) is 11.3. The minimum Gasteiger partial charge on any atom is -0.507 e. The van der Waals surface area contributed by atoms with E-state index in [0.29, 0.717) is 11.5 Å². The molecule has 3 N–H and O–H groups in total. The molecule has 0 saturated heterocycles. The van der Waals surface area contributed by atoms with Gasteiger partial charge in [-0.3, -0.25) is 0 Å². The van der Waals surface area contributed by atoms with Gasteiger partial charge >= 0.3 is 0 Å². The van der Waals surface area contributed by atoms with Gasteiger partial charge in [0.2, 0.25) is 0 Å². The van der Waals surface area contributed by atoms with Crippen LogP contribution < -0.4 is 0 Å². The highest BCUT2D eigenvalue weighted by molar-refractivity contribution is 7.99. The number of benzene rings is 1. The molecule has 164 valence electrons. The largest absolute Gasteiger partial charge is 0.507 e. The summed E-state index contributed by atoms with van der Waals surface area (Å²) in [6.07, 6.45) is 5.21. The fourth-order valence-corrected chi connectivity index (χ4v) is 4.70. The summed E-state index contributed by atoms with van der Waals surface area (Å²) in [5.74, 6) is 0.973. The molecule has 0 spiro atoms. The number of aliphatic hydroxyl groups is 1. The van der Waals surface area contributed by atoms with Crippen LogP contribution in [0.25, 0.3) is 6.08 Å². The van der Waals surface area contributed by atoms with Gasteiger partial charge in [-0.1, -0.05) is 41.5 Å². The Morgan fingerprint density at radius 1 is 1.13 bits per heavy atom. The molecule has 0 bridgehead atoms. The Kier molecular flexibility index (Phi) is 6.30. The predicted molar refractivity (Wildman–Crippen MR) is 125 cm³/mol. The van der Waals surface area contributed by atoms with E-state index in [1.165, 1.54) is 0 Å². The number of imidazole rings is 1. The third-order valence-electron chi connectivity index (χ3n) is 5.72. The van der Waals surface area contributed by atoms with Crippen LogP contribution >= 0.6 is 11.8 Å². The van der Waals surface area contributed by atoms with Gasteiger partial charge in [0.25, 0.3) is 0 Å². The SMILES string of the molecule is CC(C(O)CSc1cc(C(C)(C)C)c(O)c(C(C)(C)C)c1)N1C=Cc2nc[nH]c2C1. The average molecular weight is 430 g/mol. The van der Waals surface area contributed by atoms with Crippen LogP contribution in [-0.4, -0.2) is 43.0 Å². The van der Waals surface area contributed by atoms with Gasteiger partial charge in [-0.2, -0.15) is 0 Å². The average Bonchev–Trinajstić information content (AvgIpc) is 3.12. The molecule has 0 fully saturated rings. The first-order chi connectivity index (χ1) is 13.9. The van der Waals surface area contributed by atoms with Crippen LogP contribution in [0.4, 0.5) is 0 Å². The lowest BCUT2D eigenvalue weighted by Crippen LogP contribution is -2.40. The maximum atomic E-state index is 10.9. The molecule has 1 aliphatic rings. The van der Waals surface area contributed by atoms with Crippen molar-refractivity contribution in [2.24, 2.45) is 0 Å². The van der Waals surface area contributed by atoms with Crippen LogP contribution in [0.1, 0.15) is 71.0 Å². The van der Waals surface area contributed by atoms with Crippen molar-refractivity contribution in [3.63, 3.8) is 0 Å². The number of H-pyrrole nitrogens is 1. The quantitative estimate of drug-likeness (QED) is 0.581. The van der Waals surface area contributed by atoms with Crippen molar-refractivity contribution in [3.05, 3.63) is 47.2 Å². The maximum Gasteiger partial charge on any atom is 0.123 e. The number of thioether (sulfide) groups is 1. The number of aromatic nitrogens is 2. The molecule has 0 amide bonds. The van der Waals surface area contributed by atoms with E-state index in [9.17, 15) is 10.2 Å². The molecule has 0 aliphatic carbocycles. The van der Waals surface area contributed by atoms with Crippen molar-refractivity contribution in [2.75, 3.05) is 5.75 Å². The molecule has 30 heavy (non-hydrogen) atoms. The van der Waals surface area contributed by atoms with Gasteiger partial charge in [-0.05, 0) is 36.0 Å². The second kappa shape index (κ2) is 8.31. The van der Waals surface area contributed by atoms with Crippen molar-refractivity contribution >= 4 is 17.8 Å². The van der Waals surface area contributed by atoms with Gasteiger partial charge in [-0.25, -0.2) is 4.98 Å². The predicted octanol–water partition coefficient (Wildman–Crippen LogP) is 5.04. The molecule has 2 heterocycles. The minimum atomic E-state index is -0.492. The van der Waals surface area contributed by atoms with E-state index in [4.69, 9.17) is 0 Å². The fourth-order valence-electron chi connectivity index (χ4n) is 3.66. The number of aliphatic hydroxyl groups excluding tert-OH is 1. The molecule has 0 radical (unpaired) electrons. The van der Waals surface area contributed by atoms with Crippen LogP contribution in [0.3, 0.4) is 0 Å². The van der Waals surface area contributed by atoms with Gasteiger partial charge in [0.1, 0.15) is 5.75 Å². The standard InChI is InChI=1S/C24H35N3O2S/c1-15(27-9-8-19-20(12-27)26-14-25-19)21(28)13-30-16-10-17(23(2,3)4)22(29)18(11-16)24(5,6)7/h8-11,14-15,21,28-29H,12-13H2,1-7H3,(H,25,26). The molecule has 5 nitrogen and oxygen atoms in total. The molecule has 2 aromatic rings.